The number of alkyl halides is 3. The molecule has 1 aromatic carbocycles. The molecule has 2 aliphatic rings. The van der Waals surface area contributed by atoms with Crippen molar-refractivity contribution >= 4 is 39.2 Å². The third-order valence-electron chi connectivity index (χ3n) is 5.94. The van der Waals surface area contributed by atoms with Crippen LogP contribution in [-0.2, 0) is 17.3 Å². The van der Waals surface area contributed by atoms with Gasteiger partial charge in [0, 0.05) is 52.9 Å². The summed E-state index contributed by atoms with van der Waals surface area (Å²) < 4.78 is 48.5. The van der Waals surface area contributed by atoms with Gasteiger partial charge in [0.2, 0.25) is 11.0 Å². The van der Waals surface area contributed by atoms with Crippen molar-refractivity contribution in [2.75, 3.05) is 24.7 Å². The summed E-state index contributed by atoms with van der Waals surface area (Å²) in [5.41, 5.74) is 3.21. The molecule has 160 valence electrons. The Labute approximate surface area is 180 Å². The Hall–Kier alpha value is -1.84. The molecular formula is C20H20ClF3N4OS. The SMILES string of the molecule is FC(F)(F)c1nsc(N2CCc3c([nH]c4ccc(Cl)cc34)[C@@H]2C[C@H]2CCCOC2)n1. The monoisotopic (exact) mass is 456 g/mol. The minimum absolute atomic E-state index is 0.111. The quantitative estimate of drug-likeness (QED) is 0.556. The van der Waals surface area contributed by atoms with Crippen LogP contribution in [0.2, 0.25) is 5.02 Å². The number of anilines is 1. The molecule has 1 N–H and O–H groups in total. The molecule has 0 radical (unpaired) electrons. The Kier molecular flexibility index (Phi) is 5.15. The van der Waals surface area contributed by atoms with Crippen molar-refractivity contribution in [3.63, 3.8) is 0 Å². The highest BCUT2D eigenvalue weighted by Crippen LogP contribution is 2.43. The first-order chi connectivity index (χ1) is 14.4. The molecule has 4 heterocycles. The number of rotatable bonds is 3. The minimum atomic E-state index is -4.54. The number of hydrogen-bond donors (Lipinski definition) is 1. The second-order valence-corrected chi connectivity index (χ2v) is 9.05. The van der Waals surface area contributed by atoms with E-state index in [0.29, 0.717) is 35.6 Å². The van der Waals surface area contributed by atoms with E-state index in [2.05, 4.69) is 14.3 Å². The van der Waals surface area contributed by atoms with Crippen molar-refractivity contribution in [1.82, 2.24) is 14.3 Å². The predicted octanol–water partition coefficient (Wildman–Crippen LogP) is 5.61. The topological polar surface area (TPSA) is 54.0 Å². The zero-order valence-corrected chi connectivity index (χ0v) is 17.6. The summed E-state index contributed by atoms with van der Waals surface area (Å²) in [5, 5.41) is 2.06. The van der Waals surface area contributed by atoms with E-state index < -0.39 is 12.0 Å². The third kappa shape index (κ3) is 3.67. The molecule has 30 heavy (non-hydrogen) atoms. The Morgan fingerprint density at radius 2 is 2.20 bits per heavy atom. The first kappa shape index (κ1) is 20.1. The lowest BCUT2D eigenvalue weighted by molar-refractivity contribution is -0.144. The molecule has 2 aliphatic heterocycles. The molecule has 0 saturated carbocycles. The molecule has 1 fully saturated rings. The van der Waals surface area contributed by atoms with Crippen molar-refractivity contribution in [2.24, 2.45) is 5.92 Å². The van der Waals surface area contributed by atoms with Crippen LogP contribution in [0, 0.1) is 5.92 Å². The van der Waals surface area contributed by atoms with Crippen molar-refractivity contribution in [2.45, 2.75) is 37.9 Å². The van der Waals surface area contributed by atoms with Crippen LogP contribution in [0.5, 0.6) is 0 Å². The standard InChI is InChI=1S/C20H20ClF3N4OS/c21-12-3-4-15-14(9-12)13-5-6-28(19-26-18(27-30-19)20(22,23)24)16(17(13)25-15)8-11-2-1-7-29-10-11/h3-4,9,11,16,25H,1-2,5-8,10H2/t11-,16+/m1/s1. The molecule has 0 bridgehead atoms. The molecular weight excluding hydrogens is 437 g/mol. The predicted molar refractivity (Wildman–Crippen MR) is 110 cm³/mol. The number of fused-ring (bicyclic) bond motifs is 3. The van der Waals surface area contributed by atoms with Crippen LogP contribution in [0.3, 0.4) is 0 Å². The number of aromatic amines is 1. The van der Waals surface area contributed by atoms with Crippen molar-refractivity contribution in [3.8, 4) is 0 Å². The van der Waals surface area contributed by atoms with Crippen LogP contribution >= 0.6 is 23.1 Å². The van der Waals surface area contributed by atoms with Gasteiger partial charge in [0.15, 0.2) is 0 Å². The largest absolute Gasteiger partial charge is 0.452 e. The molecule has 2 aromatic heterocycles. The summed E-state index contributed by atoms with van der Waals surface area (Å²) in [6.07, 6.45) is -0.998. The van der Waals surface area contributed by atoms with Gasteiger partial charge >= 0.3 is 6.18 Å². The summed E-state index contributed by atoms with van der Waals surface area (Å²) in [6.45, 7) is 2.03. The Bertz CT molecular complexity index is 1060. The maximum atomic E-state index is 13.1. The molecule has 2 atom stereocenters. The van der Waals surface area contributed by atoms with Crippen LogP contribution in [-0.4, -0.2) is 34.1 Å². The first-order valence-electron chi connectivity index (χ1n) is 9.95. The number of nitrogens with one attached hydrogen (secondary N) is 1. The fourth-order valence-corrected chi connectivity index (χ4v) is 5.50. The lowest BCUT2D eigenvalue weighted by Gasteiger charge is -2.38. The number of benzene rings is 1. The number of aromatic nitrogens is 3. The maximum Gasteiger partial charge on any atom is 0.452 e. The van der Waals surface area contributed by atoms with Gasteiger partial charge in [0.25, 0.3) is 0 Å². The van der Waals surface area contributed by atoms with Crippen molar-refractivity contribution in [1.29, 1.82) is 0 Å². The van der Waals surface area contributed by atoms with Crippen LogP contribution < -0.4 is 4.90 Å². The molecule has 5 nitrogen and oxygen atoms in total. The average molecular weight is 457 g/mol. The fraction of sp³-hybridized carbons (Fsp3) is 0.500. The Balaban J connectivity index is 1.55. The Morgan fingerprint density at radius 3 is 2.93 bits per heavy atom. The number of halogens is 4. The summed E-state index contributed by atoms with van der Waals surface area (Å²) in [5.74, 6) is -0.723. The van der Waals surface area contributed by atoms with Gasteiger partial charge in [0.1, 0.15) is 0 Å². The highest BCUT2D eigenvalue weighted by molar-refractivity contribution is 7.09. The summed E-state index contributed by atoms with van der Waals surface area (Å²) in [6, 6.07) is 5.64. The molecule has 1 saturated heterocycles. The lowest BCUT2D eigenvalue weighted by Crippen LogP contribution is -2.37. The number of hydrogen-bond acceptors (Lipinski definition) is 5. The minimum Gasteiger partial charge on any atom is -0.381 e. The van der Waals surface area contributed by atoms with Gasteiger partial charge in [-0.15, -0.1) is 0 Å². The second-order valence-electron chi connectivity index (χ2n) is 7.88. The molecule has 0 aliphatic carbocycles. The normalized spacial score (nSPS) is 22.5. The van der Waals surface area contributed by atoms with Gasteiger partial charge in [-0.25, -0.2) is 0 Å². The van der Waals surface area contributed by atoms with E-state index in [4.69, 9.17) is 16.3 Å². The van der Waals surface area contributed by atoms with E-state index in [-0.39, 0.29) is 6.04 Å². The molecule has 10 heteroatoms. The zero-order chi connectivity index (χ0) is 20.9. The second kappa shape index (κ2) is 7.69. The van der Waals surface area contributed by atoms with E-state index >= 15 is 0 Å². The number of ether oxygens (including phenoxy) is 1. The number of nitrogens with zero attached hydrogens (tertiary/aromatic N) is 3. The van der Waals surface area contributed by atoms with Crippen molar-refractivity contribution < 1.29 is 17.9 Å². The molecule has 0 spiro atoms. The molecule has 3 aromatic rings. The van der Waals surface area contributed by atoms with E-state index in [9.17, 15) is 13.2 Å². The van der Waals surface area contributed by atoms with Gasteiger partial charge in [0.05, 0.1) is 6.04 Å². The molecule has 0 amide bonds. The van der Waals surface area contributed by atoms with Gasteiger partial charge in [-0.1, -0.05) is 11.6 Å². The van der Waals surface area contributed by atoms with Gasteiger partial charge in [-0.3, -0.25) is 0 Å². The maximum absolute atomic E-state index is 13.1. The summed E-state index contributed by atoms with van der Waals surface area (Å²) in [4.78, 5) is 9.32. The highest BCUT2D eigenvalue weighted by Gasteiger charge is 2.39. The molecule has 5 rings (SSSR count). The van der Waals surface area contributed by atoms with Crippen LogP contribution in [0.4, 0.5) is 18.3 Å². The van der Waals surface area contributed by atoms with E-state index in [1.807, 2.05) is 23.1 Å². The van der Waals surface area contributed by atoms with Crippen LogP contribution in [0.25, 0.3) is 10.9 Å². The van der Waals surface area contributed by atoms with Gasteiger partial charge in [-0.2, -0.15) is 22.5 Å². The van der Waals surface area contributed by atoms with Crippen LogP contribution in [0.1, 0.15) is 42.4 Å². The fourth-order valence-electron chi connectivity index (χ4n) is 4.57. The third-order valence-corrected chi connectivity index (χ3v) is 6.93. The van der Waals surface area contributed by atoms with Gasteiger partial charge < -0.3 is 14.6 Å². The van der Waals surface area contributed by atoms with E-state index in [1.54, 1.807) is 0 Å². The smallest absolute Gasteiger partial charge is 0.381 e. The Morgan fingerprint density at radius 1 is 1.33 bits per heavy atom. The van der Waals surface area contributed by atoms with Crippen LogP contribution in [0.15, 0.2) is 18.2 Å². The van der Waals surface area contributed by atoms with Gasteiger partial charge in [-0.05, 0) is 55.4 Å². The summed E-state index contributed by atoms with van der Waals surface area (Å²) in [7, 11) is 0. The lowest BCUT2D eigenvalue weighted by atomic mass is 9.88. The first-order valence-corrected chi connectivity index (χ1v) is 11.1. The summed E-state index contributed by atoms with van der Waals surface area (Å²) >= 11 is 7.03. The van der Waals surface area contributed by atoms with E-state index in [0.717, 1.165) is 54.0 Å². The van der Waals surface area contributed by atoms with E-state index in [1.165, 1.54) is 5.56 Å². The highest BCUT2D eigenvalue weighted by atomic mass is 35.5. The zero-order valence-electron chi connectivity index (χ0n) is 16.0. The average Bonchev–Trinajstić information content (AvgIpc) is 3.34. The number of H-pyrrole nitrogens is 1. The van der Waals surface area contributed by atoms with Crippen molar-refractivity contribution in [3.05, 3.63) is 40.3 Å². The molecule has 0 unspecified atom stereocenters.